The molecule has 0 spiro atoms. The maximum Gasteiger partial charge on any atom is 0.220 e. The number of ether oxygens (including phenoxy) is 6. The molecule has 0 aromatic carbocycles. The number of allylic oxidation sites excluding steroid dienone is 1. The number of unbranched alkanes of at least 4 members (excludes halogenated alkanes) is 19. The summed E-state index contributed by atoms with van der Waals surface area (Å²) in [6.45, 7) is 1.65. The van der Waals surface area contributed by atoms with Crippen LogP contribution >= 0.6 is 0 Å². The molecule has 0 saturated carbocycles. The van der Waals surface area contributed by atoms with Crippen LogP contribution in [0.25, 0.3) is 0 Å². The van der Waals surface area contributed by atoms with Crippen molar-refractivity contribution in [2.45, 2.75) is 259 Å². The highest BCUT2D eigenvalue weighted by Crippen LogP contribution is 2.33. The van der Waals surface area contributed by atoms with Crippen molar-refractivity contribution in [3.8, 4) is 0 Å². The third-order valence-electron chi connectivity index (χ3n) is 13.1. The van der Waals surface area contributed by atoms with Gasteiger partial charge in [-0.1, -0.05) is 142 Å². The van der Waals surface area contributed by atoms with Crippen molar-refractivity contribution in [1.82, 2.24) is 5.32 Å². The van der Waals surface area contributed by atoms with E-state index in [0.29, 0.717) is 6.42 Å². The minimum atomic E-state index is -1.97. The van der Waals surface area contributed by atoms with Crippen molar-refractivity contribution in [2.24, 2.45) is 0 Å². The number of amides is 1. The fraction of sp³-hybridized carbons (Fsp3) is 0.938. The molecule has 67 heavy (non-hydrogen) atoms. The second-order valence-electron chi connectivity index (χ2n) is 18.6. The molecule has 19 nitrogen and oxygen atoms in total. The SMILES string of the molecule is CCCCCCCCCC/C=C/C(O)C(COC1OC(CO)C(OC2OC(CO)C(OC3OC(CO)C(O)C(O)C3O)C(O)C2O)C(O)C1O)NC(=O)CCCCCCCCCCCCCC. The molecule has 3 aliphatic heterocycles. The van der Waals surface area contributed by atoms with Crippen LogP contribution in [0.2, 0.25) is 0 Å². The van der Waals surface area contributed by atoms with Crippen molar-refractivity contribution >= 4 is 5.91 Å². The first-order valence-electron chi connectivity index (χ1n) is 25.4. The summed E-state index contributed by atoms with van der Waals surface area (Å²) in [5, 5.41) is 119. The Bertz CT molecular complexity index is 1300. The van der Waals surface area contributed by atoms with Gasteiger partial charge in [-0.2, -0.15) is 0 Å². The lowest BCUT2D eigenvalue weighted by atomic mass is 9.96. The van der Waals surface area contributed by atoms with E-state index < -0.39 is 124 Å². The normalized spacial score (nSPS) is 33.5. The highest BCUT2D eigenvalue weighted by molar-refractivity contribution is 5.76. The van der Waals surface area contributed by atoms with Crippen molar-refractivity contribution < 1.29 is 89.4 Å². The second kappa shape index (κ2) is 34.0. The third kappa shape index (κ3) is 20.3. The standard InChI is InChI=1S/C48H89NO18/c1-3-5-7-9-11-13-15-16-18-20-22-24-26-36(54)49-31(32(53)25-23-21-19-17-14-12-10-8-6-4-2)30-62-46-42(60)39(57)44(34(28-51)64-46)67-48-43(61)40(58)45(35(29-52)65-48)66-47-41(59)38(56)37(55)33(27-50)63-47/h23,25,31-35,37-48,50-53,55-61H,3-22,24,26-30H2,1-2H3,(H,49,54)/b25-23+. The molecular formula is C48H89NO18. The molecule has 3 heterocycles. The Morgan fingerprint density at radius 2 is 0.925 bits per heavy atom. The maximum absolute atomic E-state index is 13.2. The Hall–Kier alpha value is -1.47. The smallest absolute Gasteiger partial charge is 0.220 e. The first-order chi connectivity index (χ1) is 32.3. The first-order valence-corrected chi connectivity index (χ1v) is 25.4. The number of rotatable bonds is 35. The van der Waals surface area contributed by atoms with Crippen LogP contribution < -0.4 is 5.32 Å². The molecule has 0 aliphatic carbocycles. The molecule has 0 aromatic rings. The minimum Gasteiger partial charge on any atom is -0.394 e. The Kier molecular flexibility index (Phi) is 30.4. The van der Waals surface area contributed by atoms with Gasteiger partial charge < -0.3 is 89.9 Å². The van der Waals surface area contributed by atoms with Gasteiger partial charge in [0.25, 0.3) is 0 Å². The van der Waals surface area contributed by atoms with Gasteiger partial charge in [0.2, 0.25) is 5.91 Å². The van der Waals surface area contributed by atoms with Gasteiger partial charge in [-0.05, 0) is 19.3 Å². The van der Waals surface area contributed by atoms with Crippen molar-refractivity contribution in [3.63, 3.8) is 0 Å². The molecule has 1 amide bonds. The fourth-order valence-electron chi connectivity index (χ4n) is 8.78. The number of nitrogens with one attached hydrogen (secondary N) is 1. The summed E-state index contributed by atoms with van der Waals surface area (Å²) in [5.41, 5.74) is 0. The Labute approximate surface area is 397 Å². The number of aliphatic hydroxyl groups excluding tert-OH is 11. The van der Waals surface area contributed by atoms with Crippen molar-refractivity contribution in [2.75, 3.05) is 26.4 Å². The van der Waals surface area contributed by atoms with Gasteiger partial charge in [-0.3, -0.25) is 4.79 Å². The predicted molar refractivity (Wildman–Crippen MR) is 245 cm³/mol. The van der Waals surface area contributed by atoms with Crippen LogP contribution in [0.1, 0.15) is 155 Å². The summed E-state index contributed by atoms with van der Waals surface area (Å²) in [7, 11) is 0. The summed E-state index contributed by atoms with van der Waals surface area (Å²) in [5.74, 6) is -0.279. The lowest BCUT2D eigenvalue weighted by molar-refractivity contribution is -0.379. The number of carbonyl (C=O) groups excluding carboxylic acids is 1. The van der Waals surface area contributed by atoms with Crippen molar-refractivity contribution in [1.29, 1.82) is 0 Å². The zero-order valence-corrected chi connectivity index (χ0v) is 40.1. The predicted octanol–water partition coefficient (Wildman–Crippen LogP) is 1.48. The van der Waals surface area contributed by atoms with E-state index in [1.807, 2.05) is 6.08 Å². The Morgan fingerprint density at radius 3 is 1.40 bits per heavy atom. The van der Waals surface area contributed by atoms with E-state index in [1.165, 1.54) is 83.5 Å². The lowest BCUT2D eigenvalue weighted by Crippen LogP contribution is -2.66. The quantitative estimate of drug-likeness (QED) is 0.0316. The van der Waals surface area contributed by atoms with Gasteiger partial charge >= 0.3 is 0 Å². The summed E-state index contributed by atoms with van der Waals surface area (Å²) >= 11 is 0. The van der Waals surface area contributed by atoms with Gasteiger partial charge in [0, 0.05) is 6.42 Å². The Morgan fingerprint density at radius 1 is 0.522 bits per heavy atom. The van der Waals surface area contributed by atoms with Crippen LogP contribution in [0.5, 0.6) is 0 Å². The van der Waals surface area contributed by atoms with Gasteiger partial charge in [0.1, 0.15) is 73.2 Å². The average molecular weight is 968 g/mol. The highest BCUT2D eigenvalue weighted by atomic mass is 16.8. The molecule has 17 unspecified atom stereocenters. The van der Waals surface area contributed by atoms with E-state index in [0.717, 1.165) is 44.9 Å². The number of carbonyl (C=O) groups is 1. The Balaban J connectivity index is 1.57. The highest BCUT2D eigenvalue weighted by Gasteiger charge is 2.53. The zero-order chi connectivity index (χ0) is 49.1. The van der Waals surface area contributed by atoms with Crippen molar-refractivity contribution in [3.05, 3.63) is 12.2 Å². The summed E-state index contributed by atoms with van der Waals surface area (Å²) in [4.78, 5) is 13.2. The molecule has 394 valence electrons. The number of hydrogen-bond acceptors (Lipinski definition) is 18. The van der Waals surface area contributed by atoms with Gasteiger partial charge in [-0.15, -0.1) is 0 Å². The molecule has 3 aliphatic rings. The second-order valence-corrected chi connectivity index (χ2v) is 18.6. The largest absolute Gasteiger partial charge is 0.394 e. The van der Waals surface area contributed by atoms with E-state index in [-0.39, 0.29) is 18.9 Å². The molecular weight excluding hydrogens is 879 g/mol. The van der Waals surface area contributed by atoms with E-state index in [2.05, 4.69) is 19.2 Å². The van der Waals surface area contributed by atoms with Crippen LogP contribution in [-0.4, -0.2) is 193 Å². The lowest BCUT2D eigenvalue weighted by Gasteiger charge is -2.48. The topological polar surface area (TPSA) is 307 Å². The fourth-order valence-corrected chi connectivity index (χ4v) is 8.78. The molecule has 17 atom stereocenters. The van der Waals surface area contributed by atoms with Crippen LogP contribution in [0, 0.1) is 0 Å². The van der Waals surface area contributed by atoms with E-state index in [9.17, 15) is 61.0 Å². The van der Waals surface area contributed by atoms with Crippen LogP contribution in [0.15, 0.2) is 12.2 Å². The maximum atomic E-state index is 13.2. The van der Waals surface area contributed by atoms with Crippen LogP contribution in [0.4, 0.5) is 0 Å². The summed E-state index contributed by atoms with van der Waals surface area (Å²) in [6, 6.07) is -0.963. The average Bonchev–Trinajstić information content (AvgIpc) is 3.32. The molecule has 12 N–H and O–H groups in total. The van der Waals surface area contributed by atoms with Crippen LogP contribution in [0.3, 0.4) is 0 Å². The number of aliphatic hydroxyl groups is 11. The third-order valence-corrected chi connectivity index (χ3v) is 13.1. The van der Waals surface area contributed by atoms with Gasteiger partial charge in [-0.25, -0.2) is 0 Å². The molecule has 0 aromatic heterocycles. The van der Waals surface area contributed by atoms with Gasteiger partial charge in [0.15, 0.2) is 18.9 Å². The zero-order valence-electron chi connectivity index (χ0n) is 40.1. The van der Waals surface area contributed by atoms with E-state index in [1.54, 1.807) is 6.08 Å². The summed E-state index contributed by atoms with van der Waals surface area (Å²) < 4.78 is 34.0. The molecule has 0 radical (unpaired) electrons. The van der Waals surface area contributed by atoms with Gasteiger partial charge in [0.05, 0.1) is 38.6 Å². The van der Waals surface area contributed by atoms with E-state index in [4.69, 9.17) is 28.4 Å². The van der Waals surface area contributed by atoms with E-state index >= 15 is 0 Å². The molecule has 3 rings (SSSR count). The molecule has 0 bridgehead atoms. The monoisotopic (exact) mass is 968 g/mol. The minimum absolute atomic E-state index is 0.247. The number of hydrogen-bond donors (Lipinski definition) is 12. The first kappa shape index (κ1) is 59.8. The summed E-state index contributed by atoms with van der Waals surface area (Å²) in [6.07, 6.45) is 0.853. The molecule has 19 heteroatoms. The van der Waals surface area contributed by atoms with Crippen LogP contribution in [-0.2, 0) is 33.2 Å². The molecule has 3 fully saturated rings. The molecule has 3 saturated heterocycles.